The van der Waals surface area contributed by atoms with Crippen molar-refractivity contribution >= 4 is 0 Å². The fourth-order valence-corrected chi connectivity index (χ4v) is 3.34. The fourth-order valence-electron chi connectivity index (χ4n) is 3.34. The maximum Gasteiger partial charge on any atom is 0.0951 e. The van der Waals surface area contributed by atoms with Gasteiger partial charge in [-0.05, 0) is 25.3 Å². The molecule has 4 heteroatoms. The summed E-state index contributed by atoms with van der Waals surface area (Å²) in [4.78, 5) is 2.50. The van der Waals surface area contributed by atoms with Crippen LogP contribution in [0.15, 0.2) is 42.7 Å². The van der Waals surface area contributed by atoms with E-state index in [9.17, 15) is 0 Å². The van der Waals surface area contributed by atoms with Gasteiger partial charge in [0.25, 0.3) is 0 Å². The molecular weight excluding hydrogens is 274 g/mol. The number of likely N-dealkylation sites (tertiary alicyclic amines) is 1. The van der Waals surface area contributed by atoms with Crippen molar-refractivity contribution in [2.24, 2.45) is 0 Å². The third-order valence-corrected chi connectivity index (χ3v) is 4.77. The van der Waals surface area contributed by atoms with Crippen LogP contribution in [0.3, 0.4) is 0 Å². The Morgan fingerprint density at radius 1 is 1.18 bits per heavy atom. The van der Waals surface area contributed by atoms with E-state index in [1.165, 1.54) is 11.1 Å². The highest BCUT2D eigenvalue weighted by Crippen LogP contribution is 2.36. The highest BCUT2D eigenvalue weighted by atomic mass is 16.5. The van der Waals surface area contributed by atoms with Gasteiger partial charge in [0.05, 0.1) is 11.8 Å². The van der Waals surface area contributed by atoms with E-state index in [-0.39, 0.29) is 5.60 Å². The second-order valence-corrected chi connectivity index (χ2v) is 6.04. The summed E-state index contributed by atoms with van der Waals surface area (Å²) in [6.07, 6.45) is 6.21. The number of rotatable bonds is 5. The van der Waals surface area contributed by atoms with Gasteiger partial charge < -0.3 is 4.74 Å². The molecule has 118 valence electrons. The van der Waals surface area contributed by atoms with Crippen LogP contribution >= 0.6 is 0 Å². The third kappa shape index (κ3) is 3.08. The summed E-state index contributed by atoms with van der Waals surface area (Å²) in [6.45, 7) is 6.14. The minimum atomic E-state index is -0.120. The smallest absolute Gasteiger partial charge is 0.0951 e. The number of benzene rings is 1. The maximum absolute atomic E-state index is 5.94. The van der Waals surface area contributed by atoms with E-state index in [1.54, 1.807) is 0 Å². The monoisotopic (exact) mass is 299 g/mol. The Hall–Kier alpha value is -1.65. The summed E-state index contributed by atoms with van der Waals surface area (Å²) in [7, 11) is 1.84. The molecule has 1 aromatic carbocycles. The highest BCUT2D eigenvalue weighted by Gasteiger charge is 2.36. The Morgan fingerprint density at radius 3 is 2.50 bits per heavy atom. The number of methoxy groups -OCH3 is 1. The zero-order chi connectivity index (χ0) is 15.4. The van der Waals surface area contributed by atoms with E-state index >= 15 is 0 Å². The molecule has 2 aromatic rings. The fraction of sp³-hybridized carbons (Fsp3) is 0.500. The Balaban J connectivity index is 1.63. The average Bonchev–Trinajstić information content (AvgIpc) is 3.04. The van der Waals surface area contributed by atoms with E-state index in [4.69, 9.17) is 4.74 Å². The summed E-state index contributed by atoms with van der Waals surface area (Å²) in [5.41, 5.74) is 2.48. The van der Waals surface area contributed by atoms with Crippen molar-refractivity contribution in [2.45, 2.75) is 38.5 Å². The molecule has 22 heavy (non-hydrogen) atoms. The molecule has 0 N–H and O–H groups in total. The summed E-state index contributed by atoms with van der Waals surface area (Å²) < 4.78 is 7.93. The van der Waals surface area contributed by atoms with Gasteiger partial charge in [-0.15, -0.1) is 0 Å². The molecule has 0 radical (unpaired) electrons. The minimum Gasteiger partial charge on any atom is -0.373 e. The Morgan fingerprint density at radius 2 is 1.91 bits per heavy atom. The Kier molecular flexibility index (Phi) is 4.60. The van der Waals surface area contributed by atoms with Gasteiger partial charge in [0.2, 0.25) is 0 Å². The zero-order valence-corrected chi connectivity index (χ0v) is 13.5. The van der Waals surface area contributed by atoms with Crippen LogP contribution in [0.4, 0.5) is 0 Å². The second kappa shape index (κ2) is 6.63. The standard InChI is InChI=1S/C18H25N3O/c1-3-21-15-16(13-19-21)14-20-11-9-18(22-2,10-12-20)17-7-5-4-6-8-17/h4-8,13,15H,3,9-12,14H2,1-2H3. The van der Waals surface area contributed by atoms with Crippen LogP contribution in [0.1, 0.15) is 30.9 Å². The average molecular weight is 299 g/mol. The van der Waals surface area contributed by atoms with Gasteiger partial charge in [-0.2, -0.15) is 5.10 Å². The van der Waals surface area contributed by atoms with Crippen molar-refractivity contribution in [1.82, 2.24) is 14.7 Å². The van der Waals surface area contributed by atoms with Crippen LogP contribution < -0.4 is 0 Å². The van der Waals surface area contributed by atoms with Crippen LogP contribution in [0.5, 0.6) is 0 Å². The van der Waals surface area contributed by atoms with Crippen LogP contribution in [0.25, 0.3) is 0 Å². The molecule has 2 heterocycles. The third-order valence-electron chi connectivity index (χ3n) is 4.77. The number of ether oxygens (including phenoxy) is 1. The van der Waals surface area contributed by atoms with Crippen LogP contribution in [-0.2, 0) is 23.4 Å². The number of nitrogens with zero attached hydrogens (tertiary/aromatic N) is 3. The number of hydrogen-bond donors (Lipinski definition) is 0. The summed E-state index contributed by atoms with van der Waals surface area (Å²) >= 11 is 0. The van der Waals surface area contributed by atoms with E-state index < -0.39 is 0 Å². The predicted octanol–water partition coefficient (Wildman–Crippen LogP) is 3.04. The van der Waals surface area contributed by atoms with Crippen molar-refractivity contribution in [3.63, 3.8) is 0 Å². The molecular formula is C18H25N3O. The molecule has 1 aliphatic heterocycles. The molecule has 0 amide bonds. The lowest BCUT2D eigenvalue weighted by molar-refractivity contribution is -0.0637. The first-order valence-electron chi connectivity index (χ1n) is 8.10. The van der Waals surface area contributed by atoms with Crippen LogP contribution in [-0.4, -0.2) is 34.9 Å². The van der Waals surface area contributed by atoms with E-state index in [2.05, 4.69) is 53.5 Å². The molecule has 0 bridgehead atoms. The zero-order valence-electron chi connectivity index (χ0n) is 13.5. The molecule has 3 rings (SSSR count). The number of aromatic nitrogens is 2. The molecule has 1 fully saturated rings. The molecule has 0 saturated carbocycles. The second-order valence-electron chi connectivity index (χ2n) is 6.04. The molecule has 0 unspecified atom stereocenters. The van der Waals surface area contributed by atoms with Crippen molar-refractivity contribution in [3.8, 4) is 0 Å². The lowest BCUT2D eigenvalue weighted by Crippen LogP contribution is -2.43. The van der Waals surface area contributed by atoms with Crippen LogP contribution in [0, 0.1) is 0 Å². The predicted molar refractivity (Wildman–Crippen MR) is 87.5 cm³/mol. The van der Waals surface area contributed by atoms with E-state index in [0.29, 0.717) is 0 Å². The summed E-state index contributed by atoms with van der Waals surface area (Å²) in [5.74, 6) is 0. The summed E-state index contributed by atoms with van der Waals surface area (Å²) in [6, 6.07) is 10.6. The van der Waals surface area contributed by atoms with Gasteiger partial charge in [-0.3, -0.25) is 9.58 Å². The normalized spacial score (nSPS) is 18.5. The lowest BCUT2D eigenvalue weighted by atomic mass is 9.84. The molecule has 0 aliphatic carbocycles. The van der Waals surface area contributed by atoms with Gasteiger partial charge in [0.15, 0.2) is 0 Å². The highest BCUT2D eigenvalue weighted by molar-refractivity contribution is 5.23. The van der Waals surface area contributed by atoms with Crippen molar-refractivity contribution in [1.29, 1.82) is 0 Å². The first kappa shape index (κ1) is 15.3. The number of aryl methyl sites for hydroxylation is 1. The quantitative estimate of drug-likeness (QED) is 0.850. The van der Waals surface area contributed by atoms with Crippen molar-refractivity contribution in [2.75, 3.05) is 20.2 Å². The van der Waals surface area contributed by atoms with Gasteiger partial charge in [-0.1, -0.05) is 30.3 Å². The molecule has 0 atom stereocenters. The number of piperidine rings is 1. The summed E-state index contributed by atoms with van der Waals surface area (Å²) in [5, 5.41) is 4.36. The maximum atomic E-state index is 5.94. The molecule has 4 nitrogen and oxygen atoms in total. The minimum absolute atomic E-state index is 0.120. The van der Waals surface area contributed by atoms with Gasteiger partial charge in [-0.25, -0.2) is 0 Å². The first-order valence-corrected chi connectivity index (χ1v) is 8.10. The van der Waals surface area contributed by atoms with E-state index in [0.717, 1.165) is 39.0 Å². The first-order chi connectivity index (χ1) is 10.8. The van der Waals surface area contributed by atoms with E-state index in [1.807, 2.05) is 18.0 Å². The van der Waals surface area contributed by atoms with Gasteiger partial charge in [0, 0.05) is 45.0 Å². The molecule has 1 saturated heterocycles. The Bertz CT molecular complexity index is 585. The SMILES string of the molecule is CCn1cc(CN2CCC(OC)(c3ccccc3)CC2)cn1. The topological polar surface area (TPSA) is 30.3 Å². The molecule has 1 aliphatic rings. The number of hydrogen-bond acceptors (Lipinski definition) is 3. The van der Waals surface area contributed by atoms with Gasteiger partial charge in [0.1, 0.15) is 0 Å². The Labute approximate surface area is 132 Å². The van der Waals surface area contributed by atoms with Crippen molar-refractivity contribution < 1.29 is 4.74 Å². The van der Waals surface area contributed by atoms with Crippen molar-refractivity contribution in [3.05, 3.63) is 53.9 Å². The molecule has 0 spiro atoms. The van der Waals surface area contributed by atoms with Gasteiger partial charge >= 0.3 is 0 Å². The largest absolute Gasteiger partial charge is 0.373 e. The van der Waals surface area contributed by atoms with Crippen LogP contribution in [0.2, 0.25) is 0 Å². The molecule has 1 aromatic heterocycles. The lowest BCUT2D eigenvalue weighted by Gasteiger charge is -2.41.